The Labute approximate surface area is 198 Å². The van der Waals surface area contributed by atoms with Crippen molar-refractivity contribution in [2.24, 2.45) is 0 Å². The zero-order valence-corrected chi connectivity index (χ0v) is 19.8. The van der Waals surface area contributed by atoms with Gasteiger partial charge in [0.1, 0.15) is 18.2 Å². The smallest absolute Gasteiger partial charge is 0.410 e. The number of hydrogen-bond donors (Lipinski definition) is 1. The third-order valence-electron chi connectivity index (χ3n) is 5.74. The van der Waals surface area contributed by atoms with E-state index < -0.39 is 28.8 Å². The number of amides is 3. The van der Waals surface area contributed by atoms with Crippen molar-refractivity contribution >= 4 is 23.8 Å². The second-order valence-corrected chi connectivity index (χ2v) is 9.60. The first-order chi connectivity index (χ1) is 16.0. The van der Waals surface area contributed by atoms with Crippen LogP contribution in [0.5, 0.6) is 0 Å². The van der Waals surface area contributed by atoms with E-state index in [2.05, 4.69) is 5.32 Å². The highest BCUT2D eigenvalue weighted by Gasteiger charge is 2.36. The first-order valence-corrected chi connectivity index (χ1v) is 11.5. The van der Waals surface area contributed by atoms with Crippen molar-refractivity contribution in [2.75, 3.05) is 19.6 Å². The van der Waals surface area contributed by atoms with Crippen LogP contribution < -0.4 is 5.32 Å². The Balaban J connectivity index is 1.52. The normalized spacial score (nSPS) is 20.6. The van der Waals surface area contributed by atoms with Crippen LogP contribution in [0.1, 0.15) is 52.0 Å². The van der Waals surface area contributed by atoms with Gasteiger partial charge in [-0.1, -0.05) is 0 Å². The predicted octanol–water partition coefficient (Wildman–Crippen LogP) is 3.21. The SMILES string of the molecule is CC(C)(C)OC(=O)N1CC[C@H](NC(=O)C2CCCCN2C(=O)OCc2ccc([N+](=O)[O-])cc2)C1. The Morgan fingerprint density at radius 3 is 2.44 bits per heavy atom. The number of nitro groups is 1. The monoisotopic (exact) mass is 476 g/mol. The van der Waals surface area contributed by atoms with Crippen LogP contribution in [0, 0.1) is 10.1 Å². The van der Waals surface area contributed by atoms with Crippen molar-refractivity contribution in [3.63, 3.8) is 0 Å². The highest BCUT2D eigenvalue weighted by Crippen LogP contribution is 2.21. The maximum Gasteiger partial charge on any atom is 0.410 e. The second-order valence-electron chi connectivity index (χ2n) is 9.60. The van der Waals surface area contributed by atoms with E-state index in [1.54, 1.807) is 25.7 Å². The van der Waals surface area contributed by atoms with Gasteiger partial charge in [-0.3, -0.25) is 19.8 Å². The van der Waals surface area contributed by atoms with Gasteiger partial charge in [0, 0.05) is 37.8 Å². The lowest BCUT2D eigenvalue weighted by atomic mass is 10.0. The summed E-state index contributed by atoms with van der Waals surface area (Å²) in [6, 6.07) is 4.91. The molecule has 2 heterocycles. The van der Waals surface area contributed by atoms with Gasteiger partial charge in [0.05, 0.1) is 4.92 Å². The quantitative estimate of drug-likeness (QED) is 0.510. The molecule has 0 aliphatic carbocycles. The van der Waals surface area contributed by atoms with Crippen molar-refractivity contribution in [2.45, 2.75) is 70.7 Å². The van der Waals surface area contributed by atoms with E-state index in [-0.39, 0.29) is 24.2 Å². The Bertz CT molecular complexity index is 913. The molecule has 34 heavy (non-hydrogen) atoms. The lowest BCUT2D eigenvalue weighted by Crippen LogP contribution is -2.54. The summed E-state index contributed by atoms with van der Waals surface area (Å²) in [7, 11) is 0. The van der Waals surface area contributed by atoms with Crippen molar-refractivity contribution < 1.29 is 28.8 Å². The number of rotatable bonds is 5. The minimum Gasteiger partial charge on any atom is -0.445 e. The number of nitrogens with one attached hydrogen (secondary N) is 1. The van der Waals surface area contributed by atoms with Crippen molar-refractivity contribution in [3.8, 4) is 0 Å². The van der Waals surface area contributed by atoms with Crippen molar-refractivity contribution in [1.29, 1.82) is 0 Å². The largest absolute Gasteiger partial charge is 0.445 e. The van der Waals surface area contributed by atoms with Gasteiger partial charge in [0.25, 0.3) is 5.69 Å². The maximum atomic E-state index is 13.0. The van der Waals surface area contributed by atoms with Crippen LogP contribution in [-0.2, 0) is 20.9 Å². The highest BCUT2D eigenvalue weighted by atomic mass is 16.6. The van der Waals surface area contributed by atoms with E-state index in [0.717, 1.165) is 12.8 Å². The Morgan fingerprint density at radius 2 is 1.79 bits per heavy atom. The van der Waals surface area contributed by atoms with Crippen molar-refractivity contribution in [3.05, 3.63) is 39.9 Å². The standard InChI is InChI=1S/C23H32N4O7/c1-23(2,3)34-21(29)25-13-11-17(14-25)24-20(28)19-6-4-5-12-26(19)22(30)33-15-16-7-9-18(10-8-16)27(31)32/h7-10,17,19H,4-6,11-15H2,1-3H3,(H,24,28)/t17-,19?/m0/s1. The molecule has 2 fully saturated rings. The van der Waals surface area contributed by atoms with E-state index in [0.29, 0.717) is 38.0 Å². The molecule has 0 aromatic heterocycles. The highest BCUT2D eigenvalue weighted by molar-refractivity contribution is 5.86. The third-order valence-corrected chi connectivity index (χ3v) is 5.74. The molecule has 1 aromatic carbocycles. The topological polar surface area (TPSA) is 131 Å². The average Bonchev–Trinajstić information content (AvgIpc) is 3.25. The van der Waals surface area contributed by atoms with Gasteiger partial charge in [-0.15, -0.1) is 0 Å². The summed E-state index contributed by atoms with van der Waals surface area (Å²) in [6.45, 7) is 6.63. The second kappa shape index (κ2) is 10.7. The van der Waals surface area contributed by atoms with Gasteiger partial charge in [-0.05, 0) is 64.2 Å². The molecule has 1 N–H and O–H groups in total. The van der Waals surface area contributed by atoms with Crippen LogP contribution >= 0.6 is 0 Å². The Hall–Kier alpha value is -3.37. The number of hydrogen-bond acceptors (Lipinski definition) is 7. The molecule has 186 valence electrons. The van der Waals surface area contributed by atoms with Crippen molar-refractivity contribution in [1.82, 2.24) is 15.1 Å². The van der Waals surface area contributed by atoms with E-state index in [1.165, 1.54) is 29.2 Å². The van der Waals surface area contributed by atoms with Crippen LogP contribution in [0.3, 0.4) is 0 Å². The fraction of sp³-hybridized carbons (Fsp3) is 0.609. The molecular formula is C23H32N4O7. The van der Waals surface area contributed by atoms with Crippen LogP contribution in [0.25, 0.3) is 0 Å². The molecule has 2 saturated heterocycles. The summed E-state index contributed by atoms with van der Waals surface area (Å²) in [6.07, 6.45) is 1.73. The molecule has 2 atom stereocenters. The Morgan fingerprint density at radius 1 is 1.09 bits per heavy atom. The van der Waals surface area contributed by atoms with Gasteiger partial charge in [-0.2, -0.15) is 0 Å². The van der Waals surface area contributed by atoms with E-state index in [1.807, 2.05) is 0 Å². The van der Waals surface area contributed by atoms with Gasteiger partial charge in [0.15, 0.2) is 0 Å². The van der Waals surface area contributed by atoms with E-state index in [4.69, 9.17) is 9.47 Å². The van der Waals surface area contributed by atoms with Crippen LogP contribution in [0.2, 0.25) is 0 Å². The molecule has 0 bridgehead atoms. The number of nitrogens with zero attached hydrogens (tertiary/aromatic N) is 3. The lowest BCUT2D eigenvalue weighted by Gasteiger charge is -2.34. The zero-order valence-electron chi connectivity index (χ0n) is 19.8. The van der Waals surface area contributed by atoms with Gasteiger partial charge < -0.3 is 19.7 Å². The summed E-state index contributed by atoms with van der Waals surface area (Å²) in [5.74, 6) is -0.261. The number of benzene rings is 1. The maximum absolute atomic E-state index is 13.0. The number of non-ortho nitro benzene ring substituents is 1. The molecule has 3 amide bonds. The lowest BCUT2D eigenvalue weighted by molar-refractivity contribution is -0.384. The first-order valence-electron chi connectivity index (χ1n) is 11.5. The molecule has 0 spiro atoms. The number of carbonyl (C=O) groups is 3. The molecule has 11 nitrogen and oxygen atoms in total. The molecular weight excluding hydrogens is 444 g/mol. The van der Waals surface area contributed by atoms with Crippen LogP contribution in [0.15, 0.2) is 24.3 Å². The number of nitro benzene ring substituents is 1. The summed E-state index contributed by atoms with van der Waals surface area (Å²) >= 11 is 0. The summed E-state index contributed by atoms with van der Waals surface area (Å²) in [5.41, 5.74) is -0.0133. The fourth-order valence-electron chi connectivity index (χ4n) is 4.03. The summed E-state index contributed by atoms with van der Waals surface area (Å²) in [5, 5.41) is 13.7. The number of likely N-dealkylation sites (tertiary alicyclic amines) is 2. The Kier molecular flexibility index (Phi) is 7.95. The van der Waals surface area contributed by atoms with E-state index in [9.17, 15) is 24.5 Å². The fourth-order valence-corrected chi connectivity index (χ4v) is 4.03. The average molecular weight is 477 g/mol. The molecule has 1 aromatic rings. The van der Waals surface area contributed by atoms with Gasteiger partial charge in [0.2, 0.25) is 5.91 Å². The zero-order chi connectivity index (χ0) is 24.9. The third kappa shape index (κ3) is 6.82. The molecule has 2 aliphatic heterocycles. The molecule has 2 aliphatic rings. The van der Waals surface area contributed by atoms with Gasteiger partial charge >= 0.3 is 12.2 Å². The number of ether oxygens (including phenoxy) is 2. The first kappa shape index (κ1) is 25.3. The minimum atomic E-state index is -0.645. The molecule has 3 rings (SSSR count). The number of piperidine rings is 1. The van der Waals surface area contributed by atoms with Crippen LogP contribution in [-0.4, -0.2) is 70.1 Å². The number of carbonyl (C=O) groups excluding carboxylic acids is 3. The van der Waals surface area contributed by atoms with Crippen LogP contribution in [0.4, 0.5) is 15.3 Å². The van der Waals surface area contributed by atoms with Gasteiger partial charge in [-0.25, -0.2) is 9.59 Å². The molecule has 0 radical (unpaired) electrons. The molecule has 11 heteroatoms. The minimum absolute atomic E-state index is 0.0417. The summed E-state index contributed by atoms with van der Waals surface area (Å²) < 4.78 is 10.8. The molecule has 0 saturated carbocycles. The summed E-state index contributed by atoms with van der Waals surface area (Å²) in [4.78, 5) is 51.3. The predicted molar refractivity (Wildman–Crippen MR) is 122 cm³/mol. The molecule has 1 unspecified atom stereocenters. The van der Waals surface area contributed by atoms with E-state index >= 15 is 0 Å².